The molecule has 1 fully saturated rings. The lowest BCUT2D eigenvalue weighted by atomic mass is 10.1. The quantitative estimate of drug-likeness (QED) is 0.734. The molecule has 7 heteroatoms. The summed E-state index contributed by atoms with van der Waals surface area (Å²) in [6.07, 6.45) is 2.20. The van der Waals surface area contributed by atoms with Gasteiger partial charge in [0.2, 0.25) is 0 Å². The monoisotopic (exact) mass is 352 g/mol. The zero-order valence-corrected chi connectivity index (χ0v) is 14.2. The lowest BCUT2D eigenvalue weighted by Gasteiger charge is -2.31. The van der Waals surface area contributed by atoms with Crippen molar-refractivity contribution in [2.75, 3.05) is 13.2 Å². The van der Waals surface area contributed by atoms with Crippen LogP contribution < -0.4 is 5.32 Å². The molecule has 1 amide bonds. The fourth-order valence-electron chi connectivity index (χ4n) is 3.01. The molecule has 7 nitrogen and oxygen atoms in total. The van der Waals surface area contributed by atoms with Crippen LogP contribution in [0.3, 0.4) is 0 Å². The van der Waals surface area contributed by atoms with Gasteiger partial charge in [-0.2, -0.15) is 0 Å². The minimum atomic E-state index is -0.237. The molecule has 134 valence electrons. The highest BCUT2D eigenvalue weighted by molar-refractivity contribution is 5.94. The number of hydrogen-bond acceptors (Lipinski definition) is 5. The molecule has 1 aliphatic heterocycles. The third kappa shape index (κ3) is 3.74. The van der Waals surface area contributed by atoms with Gasteiger partial charge in [0.25, 0.3) is 5.91 Å². The first-order valence-corrected chi connectivity index (χ1v) is 8.64. The summed E-state index contributed by atoms with van der Waals surface area (Å²) in [5.74, 6) is 0.0701. The lowest BCUT2D eigenvalue weighted by Crippen LogP contribution is -2.50. The van der Waals surface area contributed by atoms with E-state index in [4.69, 9.17) is 9.47 Å². The van der Waals surface area contributed by atoms with E-state index in [1.54, 1.807) is 6.20 Å². The van der Waals surface area contributed by atoms with E-state index in [0.717, 1.165) is 16.7 Å². The Morgan fingerprint density at radius 1 is 1.27 bits per heavy atom. The van der Waals surface area contributed by atoms with Gasteiger partial charge in [-0.05, 0) is 30.7 Å². The van der Waals surface area contributed by atoms with Crippen LogP contribution in [0.2, 0.25) is 0 Å². The second kappa shape index (κ2) is 7.63. The van der Waals surface area contributed by atoms with Crippen LogP contribution in [0.15, 0.2) is 48.7 Å². The Hall–Kier alpha value is -2.77. The number of imidazole rings is 1. The minimum Gasteiger partial charge on any atom is -0.379 e. The second-order valence-electron chi connectivity index (χ2n) is 6.22. The molecule has 0 aliphatic carbocycles. The van der Waals surface area contributed by atoms with E-state index < -0.39 is 0 Å². The van der Waals surface area contributed by atoms with Crippen molar-refractivity contribution >= 4 is 16.9 Å². The van der Waals surface area contributed by atoms with E-state index in [2.05, 4.69) is 20.3 Å². The van der Waals surface area contributed by atoms with E-state index in [1.165, 1.54) is 0 Å². The normalized spacial score (nSPS) is 20.2. The number of carbonyl (C=O) groups excluding carboxylic acids is 1. The number of H-pyrrole nitrogens is 1. The molecule has 1 aliphatic rings. The summed E-state index contributed by atoms with van der Waals surface area (Å²) in [5, 5.41) is 3.02. The molecule has 3 aromatic rings. The highest BCUT2D eigenvalue weighted by Gasteiger charge is 2.29. The summed E-state index contributed by atoms with van der Waals surface area (Å²) in [7, 11) is 0. The summed E-state index contributed by atoms with van der Waals surface area (Å²) in [6, 6.07) is 13.1. The van der Waals surface area contributed by atoms with Gasteiger partial charge in [-0.3, -0.25) is 9.78 Å². The molecule has 2 N–H and O–H groups in total. The first-order valence-electron chi connectivity index (χ1n) is 8.64. The Labute approximate surface area is 150 Å². The molecular weight excluding hydrogens is 332 g/mol. The number of carbonyl (C=O) groups is 1. The predicted octanol–water partition coefficient (Wildman–Crippen LogP) is 2.06. The Morgan fingerprint density at radius 2 is 2.15 bits per heavy atom. The van der Waals surface area contributed by atoms with E-state index in [-0.39, 0.29) is 18.1 Å². The van der Waals surface area contributed by atoms with E-state index in [9.17, 15) is 4.79 Å². The fourth-order valence-corrected chi connectivity index (χ4v) is 3.01. The van der Waals surface area contributed by atoms with Crippen LogP contribution in [0.1, 0.15) is 22.7 Å². The molecule has 26 heavy (non-hydrogen) atoms. The molecule has 2 atom stereocenters. The van der Waals surface area contributed by atoms with Gasteiger partial charge in [0.1, 0.15) is 6.10 Å². The average molecular weight is 352 g/mol. The molecule has 0 unspecified atom stereocenters. The van der Waals surface area contributed by atoms with Crippen LogP contribution in [0.25, 0.3) is 11.0 Å². The first kappa shape index (κ1) is 16.7. The third-order valence-electron chi connectivity index (χ3n) is 4.40. The lowest BCUT2D eigenvalue weighted by molar-refractivity contribution is -0.0743. The van der Waals surface area contributed by atoms with Crippen molar-refractivity contribution in [1.82, 2.24) is 20.3 Å². The van der Waals surface area contributed by atoms with Crippen LogP contribution in [0, 0.1) is 0 Å². The molecular formula is C19H20N4O3. The Balaban J connectivity index is 1.41. The number of benzene rings is 1. The number of aromatic nitrogens is 3. The molecule has 0 radical (unpaired) electrons. The second-order valence-corrected chi connectivity index (χ2v) is 6.22. The molecule has 2 aromatic heterocycles. The predicted molar refractivity (Wildman–Crippen MR) is 95.6 cm³/mol. The van der Waals surface area contributed by atoms with Crippen LogP contribution >= 0.6 is 0 Å². The number of pyridine rings is 1. The zero-order chi connectivity index (χ0) is 17.8. The smallest absolute Gasteiger partial charge is 0.287 e. The van der Waals surface area contributed by atoms with Crippen molar-refractivity contribution in [3.05, 3.63) is 60.2 Å². The largest absolute Gasteiger partial charge is 0.379 e. The Bertz CT molecular complexity index is 848. The topological polar surface area (TPSA) is 89.1 Å². The van der Waals surface area contributed by atoms with Crippen molar-refractivity contribution in [2.24, 2.45) is 0 Å². The Kier molecular flexibility index (Phi) is 4.90. The maximum absolute atomic E-state index is 12.6. The number of fused-ring (bicyclic) bond motifs is 1. The number of hydrogen-bond donors (Lipinski definition) is 2. The van der Waals surface area contributed by atoms with Crippen LogP contribution in [-0.4, -0.2) is 46.2 Å². The Morgan fingerprint density at radius 3 is 3.00 bits per heavy atom. The standard InChI is InChI=1S/C19H20N4O3/c24-19(18-21-14-6-1-2-7-15(14)22-18)23-16-8-10-25-12-17(16)26-11-13-5-3-4-9-20-13/h1-7,9,16-17H,8,10-12H2,(H,21,22)(H,23,24)/t16-,17-/m1/s1. The zero-order valence-electron chi connectivity index (χ0n) is 14.2. The van der Waals surface area contributed by atoms with Crippen LogP contribution in [0.4, 0.5) is 0 Å². The molecule has 1 aromatic carbocycles. The summed E-state index contributed by atoms with van der Waals surface area (Å²) in [6.45, 7) is 1.41. The first-order chi connectivity index (χ1) is 12.8. The number of nitrogens with one attached hydrogen (secondary N) is 2. The van der Waals surface area contributed by atoms with Crippen molar-refractivity contribution in [3.63, 3.8) is 0 Å². The average Bonchev–Trinajstić information content (AvgIpc) is 3.12. The molecule has 4 rings (SSSR count). The van der Waals surface area contributed by atoms with Gasteiger partial charge < -0.3 is 19.8 Å². The van der Waals surface area contributed by atoms with Gasteiger partial charge in [0.15, 0.2) is 5.82 Å². The number of nitrogens with zero attached hydrogens (tertiary/aromatic N) is 2. The minimum absolute atomic E-state index is 0.131. The highest BCUT2D eigenvalue weighted by Crippen LogP contribution is 2.15. The van der Waals surface area contributed by atoms with Crippen LogP contribution in [0.5, 0.6) is 0 Å². The van der Waals surface area contributed by atoms with Gasteiger partial charge in [0.05, 0.1) is 36.0 Å². The summed E-state index contributed by atoms with van der Waals surface area (Å²) >= 11 is 0. The van der Waals surface area contributed by atoms with Crippen molar-refractivity contribution in [2.45, 2.75) is 25.2 Å². The van der Waals surface area contributed by atoms with Crippen molar-refractivity contribution in [3.8, 4) is 0 Å². The number of aromatic amines is 1. The summed E-state index contributed by atoms with van der Waals surface area (Å²) in [4.78, 5) is 24.2. The highest BCUT2D eigenvalue weighted by atomic mass is 16.5. The number of ether oxygens (including phenoxy) is 2. The maximum Gasteiger partial charge on any atom is 0.287 e. The molecule has 0 spiro atoms. The van der Waals surface area contributed by atoms with Gasteiger partial charge >= 0.3 is 0 Å². The number of para-hydroxylation sites is 2. The van der Waals surface area contributed by atoms with Gasteiger partial charge in [-0.15, -0.1) is 0 Å². The van der Waals surface area contributed by atoms with E-state index >= 15 is 0 Å². The molecule has 0 bridgehead atoms. The summed E-state index contributed by atoms with van der Waals surface area (Å²) in [5.41, 5.74) is 2.46. The molecule has 3 heterocycles. The summed E-state index contributed by atoms with van der Waals surface area (Å²) < 4.78 is 11.5. The fraction of sp³-hybridized carbons (Fsp3) is 0.316. The molecule has 1 saturated heterocycles. The van der Waals surface area contributed by atoms with Gasteiger partial charge in [-0.25, -0.2) is 4.98 Å². The van der Waals surface area contributed by atoms with E-state index in [1.807, 2.05) is 42.5 Å². The van der Waals surface area contributed by atoms with E-state index in [0.29, 0.717) is 32.1 Å². The van der Waals surface area contributed by atoms with Crippen molar-refractivity contribution < 1.29 is 14.3 Å². The molecule has 0 saturated carbocycles. The SMILES string of the molecule is O=C(N[C@@H]1CCOC[C@H]1OCc1ccccn1)c1nc2ccccc2[nH]1. The van der Waals surface area contributed by atoms with Crippen LogP contribution in [-0.2, 0) is 16.1 Å². The third-order valence-corrected chi connectivity index (χ3v) is 4.40. The van der Waals surface area contributed by atoms with Gasteiger partial charge in [0, 0.05) is 12.8 Å². The number of amides is 1. The number of rotatable bonds is 5. The van der Waals surface area contributed by atoms with Gasteiger partial charge in [-0.1, -0.05) is 18.2 Å². The maximum atomic E-state index is 12.6. The van der Waals surface area contributed by atoms with Crippen molar-refractivity contribution in [1.29, 1.82) is 0 Å².